The minimum atomic E-state index is 0.761. The Balaban J connectivity index is 1.88. The molecule has 0 heterocycles. The Bertz CT molecular complexity index is 350. The summed E-state index contributed by atoms with van der Waals surface area (Å²) < 4.78 is 5.44. The second-order valence-electron chi connectivity index (χ2n) is 4.64. The molecule has 1 aromatic carbocycles. The molecule has 94 valence electrons. The van der Waals surface area contributed by atoms with Crippen molar-refractivity contribution >= 4 is 5.69 Å². The molecule has 0 spiro atoms. The van der Waals surface area contributed by atoms with Crippen molar-refractivity contribution in [2.75, 3.05) is 25.5 Å². The molecule has 0 aromatic heterocycles. The minimum absolute atomic E-state index is 0.761. The summed E-state index contributed by atoms with van der Waals surface area (Å²) in [6.45, 7) is 5.68. The molecule has 1 saturated carbocycles. The van der Waals surface area contributed by atoms with E-state index in [9.17, 15) is 0 Å². The highest BCUT2D eigenvalue weighted by Crippen LogP contribution is 2.28. The molecule has 17 heavy (non-hydrogen) atoms. The fourth-order valence-corrected chi connectivity index (χ4v) is 2.08. The van der Waals surface area contributed by atoms with Crippen LogP contribution in [0.2, 0.25) is 0 Å². The van der Waals surface area contributed by atoms with Crippen LogP contribution in [0.15, 0.2) is 24.3 Å². The molecule has 1 aromatic rings. The van der Waals surface area contributed by atoms with E-state index in [0.717, 1.165) is 38.0 Å². The molecule has 0 radical (unpaired) electrons. The maximum atomic E-state index is 5.80. The third-order valence-electron chi connectivity index (χ3n) is 3.13. The number of ether oxygens (including phenoxy) is 1. The van der Waals surface area contributed by atoms with Crippen molar-refractivity contribution in [3.63, 3.8) is 0 Å². The molecule has 0 unspecified atom stereocenters. The number of rotatable bonds is 7. The van der Waals surface area contributed by atoms with Crippen LogP contribution in [-0.4, -0.2) is 30.7 Å². The summed E-state index contributed by atoms with van der Waals surface area (Å²) in [6.07, 6.45) is 2.66. The van der Waals surface area contributed by atoms with Gasteiger partial charge in [-0.3, -0.25) is 4.90 Å². The number of hydrogen-bond acceptors (Lipinski definition) is 3. The van der Waals surface area contributed by atoms with E-state index in [1.807, 2.05) is 19.1 Å². The predicted octanol–water partition coefficient (Wildman–Crippen LogP) is 2.27. The van der Waals surface area contributed by atoms with Gasteiger partial charge in [0.25, 0.3) is 0 Å². The Morgan fingerprint density at radius 3 is 2.88 bits per heavy atom. The summed E-state index contributed by atoms with van der Waals surface area (Å²) in [5.74, 6) is 0. The van der Waals surface area contributed by atoms with Gasteiger partial charge in [-0.15, -0.1) is 0 Å². The van der Waals surface area contributed by atoms with Crippen LogP contribution in [-0.2, 0) is 11.3 Å². The average Bonchev–Trinajstić information content (AvgIpc) is 3.12. The third kappa shape index (κ3) is 4.02. The predicted molar refractivity (Wildman–Crippen MR) is 70.8 cm³/mol. The second-order valence-corrected chi connectivity index (χ2v) is 4.64. The molecule has 3 heteroatoms. The summed E-state index contributed by atoms with van der Waals surface area (Å²) in [5.41, 5.74) is 7.95. The van der Waals surface area contributed by atoms with Crippen molar-refractivity contribution in [3.05, 3.63) is 29.8 Å². The van der Waals surface area contributed by atoms with Crippen LogP contribution in [0, 0.1) is 0 Å². The van der Waals surface area contributed by atoms with E-state index in [4.69, 9.17) is 10.5 Å². The first-order valence-corrected chi connectivity index (χ1v) is 6.46. The van der Waals surface area contributed by atoms with Crippen LogP contribution < -0.4 is 5.73 Å². The zero-order valence-electron chi connectivity index (χ0n) is 10.6. The van der Waals surface area contributed by atoms with Gasteiger partial charge in [-0.1, -0.05) is 12.1 Å². The van der Waals surface area contributed by atoms with E-state index in [1.165, 1.54) is 18.4 Å². The van der Waals surface area contributed by atoms with Gasteiger partial charge in [0, 0.05) is 31.4 Å². The van der Waals surface area contributed by atoms with Gasteiger partial charge in [-0.2, -0.15) is 0 Å². The Labute approximate surface area is 104 Å². The first kappa shape index (κ1) is 12.4. The van der Waals surface area contributed by atoms with Crippen molar-refractivity contribution in [1.82, 2.24) is 4.90 Å². The van der Waals surface area contributed by atoms with Crippen molar-refractivity contribution in [1.29, 1.82) is 0 Å². The Morgan fingerprint density at radius 1 is 1.41 bits per heavy atom. The summed E-state index contributed by atoms with van der Waals surface area (Å²) >= 11 is 0. The third-order valence-corrected chi connectivity index (χ3v) is 3.13. The number of anilines is 1. The van der Waals surface area contributed by atoms with E-state index in [1.54, 1.807) is 0 Å². The molecular weight excluding hydrogens is 212 g/mol. The van der Waals surface area contributed by atoms with Gasteiger partial charge in [0.15, 0.2) is 0 Å². The lowest BCUT2D eigenvalue weighted by Gasteiger charge is -2.22. The van der Waals surface area contributed by atoms with Crippen molar-refractivity contribution in [3.8, 4) is 0 Å². The monoisotopic (exact) mass is 234 g/mol. The van der Waals surface area contributed by atoms with Crippen LogP contribution in [0.4, 0.5) is 5.69 Å². The van der Waals surface area contributed by atoms with Gasteiger partial charge < -0.3 is 10.5 Å². The van der Waals surface area contributed by atoms with Crippen LogP contribution in [0.1, 0.15) is 25.3 Å². The van der Waals surface area contributed by atoms with Gasteiger partial charge in [-0.05, 0) is 37.5 Å². The van der Waals surface area contributed by atoms with Gasteiger partial charge in [-0.25, -0.2) is 0 Å². The first-order chi connectivity index (χ1) is 8.29. The van der Waals surface area contributed by atoms with Crippen molar-refractivity contribution in [2.24, 2.45) is 0 Å². The molecule has 1 fully saturated rings. The molecule has 0 aliphatic heterocycles. The Kier molecular flexibility index (Phi) is 4.40. The number of nitrogen functional groups attached to an aromatic ring is 1. The highest BCUT2D eigenvalue weighted by molar-refractivity contribution is 5.40. The highest BCUT2D eigenvalue weighted by Gasteiger charge is 2.28. The van der Waals surface area contributed by atoms with E-state index in [2.05, 4.69) is 17.0 Å². The Hall–Kier alpha value is -1.06. The topological polar surface area (TPSA) is 38.5 Å². The molecule has 0 bridgehead atoms. The number of hydrogen-bond donors (Lipinski definition) is 1. The smallest absolute Gasteiger partial charge is 0.0593 e. The molecule has 1 aliphatic rings. The lowest BCUT2D eigenvalue weighted by Crippen LogP contribution is -2.29. The quantitative estimate of drug-likeness (QED) is 0.581. The van der Waals surface area contributed by atoms with Crippen LogP contribution >= 0.6 is 0 Å². The van der Waals surface area contributed by atoms with Gasteiger partial charge in [0.2, 0.25) is 0 Å². The van der Waals surface area contributed by atoms with Crippen molar-refractivity contribution < 1.29 is 4.74 Å². The highest BCUT2D eigenvalue weighted by atomic mass is 16.5. The fourth-order valence-electron chi connectivity index (χ4n) is 2.08. The summed E-state index contributed by atoms with van der Waals surface area (Å²) in [6, 6.07) is 8.93. The SMILES string of the molecule is CCOCCN(Cc1cccc(N)c1)C1CC1. The van der Waals surface area contributed by atoms with Crippen molar-refractivity contribution in [2.45, 2.75) is 32.4 Å². The lowest BCUT2D eigenvalue weighted by atomic mass is 10.2. The maximum Gasteiger partial charge on any atom is 0.0593 e. The van der Waals surface area contributed by atoms with Crippen LogP contribution in [0.3, 0.4) is 0 Å². The molecule has 0 saturated heterocycles. The van der Waals surface area contributed by atoms with Gasteiger partial charge >= 0.3 is 0 Å². The van der Waals surface area contributed by atoms with E-state index in [0.29, 0.717) is 0 Å². The van der Waals surface area contributed by atoms with E-state index in [-0.39, 0.29) is 0 Å². The summed E-state index contributed by atoms with van der Waals surface area (Å²) in [5, 5.41) is 0. The average molecular weight is 234 g/mol. The maximum absolute atomic E-state index is 5.80. The zero-order valence-corrected chi connectivity index (χ0v) is 10.6. The fraction of sp³-hybridized carbons (Fsp3) is 0.571. The zero-order chi connectivity index (χ0) is 12.1. The molecule has 2 N–H and O–H groups in total. The number of benzene rings is 1. The van der Waals surface area contributed by atoms with Crippen LogP contribution in [0.25, 0.3) is 0 Å². The molecule has 0 atom stereocenters. The Morgan fingerprint density at radius 2 is 2.24 bits per heavy atom. The summed E-state index contributed by atoms with van der Waals surface area (Å²) in [7, 11) is 0. The minimum Gasteiger partial charge on any atom is -0.399 e. The molecule has 2 rings (SSSR count). The van der Waals surface area contributed by atoms with E-state index >= 15 is 0 Å². The number of nitrogens with two attached hydrogens (primary N) is 1. The van der Waals surface area contributed by atoms with Crippen LogP contribution in [0.5, 0.6) is 0 Å². The number of nitrogens with zero attached hydrogens (tertiary/aromatic N) is 1. The molecule has 0 amide bonds. The summed E-state index contributed by atoms with van der Waals surface area (Å²) in [4.78, 5) is 2.50. The molecule has 1 aliphatic carbocycles. The second kappa shape index (κ2) is 6.03. The van der Waals surface area contributed by atoms with Gasteiger partial charge in [0.05, 0.1) is 6.61 Å². The van der Waals surface area contributed by atoms with E-state index < -0.39 is 0 Å². The molecular formula is C14H22N2O. The standard InChI is InChI=1S/C14H22N2O/c1-2-17-9-8-16(14-6-7-14)11-12-4-3-5-13(15)10-12/h3-5,10,14H,2,6-9,11,15H2,1H3. The molecule has 3 nitrogen and oxygen atoms in total. The normalized spacial score (nSPS) is 15.4. The largest absolute Gasteiger partial charge is 0.399 e. The lowest BCUT2D eigenvalue weighted by molar-refractivity contribution is 0.107. The first-order valence-electron chi connectivity index (χ1n) is 6.46. The van der Waals surface area contributed by atoms with Gasteiger partial charge in [0.1, 0.15) is 0 Å².